The Labute approximate surface area is 134 Å². The lowest BCUT2D eigenvalue weighted by atomic mass is 10.3. The number of methoxy groups -OCH3 is 1. The Bertz CT molecular complexity index is 547. The van der Waals surface area contributed by atoms with E-state index in [-0.39, 0.29) is 23.3 Å². The minimum Gasteiger partial charge on any atom is -0.383 e. The predicted octanol–water partition coefficient (Wildman–Crippen LogP) is -1.25. The van der Waals surface area contributed by atoms with Crippen molar-refractivity contribution >= 4 is 23.3 Å². The molecular formula is C13H24N7O3+. The van der Waals surface area contributed by atoms with Crippen LogP contribution in [0.1, 0.15) is 6.92 Å². The third-order valence-electron chi connectivity index (χ3n) is 3.93. The number of nitrogens with zero attached hydrogens (tertiary/aromatic N) is 4. The molecule has 128 valence electrons. The summed E-state index contributed by atoms with van der Waals surface area (Å²) < 4.78 is 4.96. The van der Waals surface area contributed by atoms with E-state index in [9.17, 15) is 10.1 Å². The van der Waals surface area contributed by atoms with Gasteiger partial charge in [0.05, 0.1) is 44.3 Å². The first kappa shape index (κ1) is 17.2. The van der Waals surface area contributed by atoms with E-state index >= 15 is 0 Å². The van der Waals surface area contributed by atoms with Gasteiger partial charge in [-0.15, -0.1) is 0 Å². The summed E-state index contributed by atoms with van der Waals surface area (Å²) in [5, 5.41) is 14.3. The van der Waals surface area contributed by atoms with E-state index in [4.69, 9.17) is 10.5 Å². The number of hydrogen-bond donors (Lipinski definition) is 3. The normalized spacial score (nSPS) is 15.7. The van der Waals surface area contributed by atoms with Crippen molar-refractivity contribution < 1.29 is 14.6 Å². The van der Waals surface area contributed by atoms with Crippen molar-refractivity contribution in [2.24, 2.45) is 0 Å². The number of quaternary nitrogens is 1. The molecule has 1 aromatic rings. The number of nitrogen functional groups attached to an aromatic ring is 1. The molecule has 1 fully saturated rings. The molecule has 1 aliphatic rings. The zero-order valence-corrected chi connectivity index (χ0v) is 13.5. The van der Waals surface area contributed by atoms with Gasteiger partial charge in [-0.1, -0.05) is 0 Å². The molecule has 0 aliphatic carbocycles. The third kappa shape index (κ3) is 4.17. The first-order valence-corrected chi connectivity index (χ1v) is 7.70. The van der Waals surface area contributed by atoms with Crippen molar-refractivity contribution in [3.63, 3.8) is 0 Å². The van der Waals surface area contributed by atoms with Crippen LogP contribution in [0.15, 0.2) is 0 Å². The molecule has 1 aliphatic heterocycles. The van der Waals surface area contributed by atoms with Crippen LogP contribution in [0, 0.1) is 10.1 Å². The van der Waals surface area contributed by atoms with Gasteiger partial charge >= 0.3 is 5.69 Å². The summed E-state index contributed by atoms with van der Waals surface area (Å²) in [7, 11) is 1.59. The van der Waals surface area contributed by atoms with Crippen LogP contribution in [0.3, 0.4) is 0 Å². The fourth-order valence-electron chi connectivity index (χ4n) is 2.59. The highest BCUT2D eigenvalue weighted by atomic mass is 16.6. The average molecular weight is 326 g/mol. The average Bonchev–Trinajstić information content (AvgIpc) is 2.54. The molecule has 2 heterocycles. The molecule has 0 bridgehead atoms. The van der Waals surface area contributed by atoms with Gasteiger partial charge < -0.3 is 25.6 Å². The summed E-state index contributed by atoms with van der Waals surface area (Å²) in [6.45, 7) is 7.42. The van der Waals surface area contributed by atoms with Gasteiger partial charge in [0.1, 0.15) is 0 Å². The lowest BCUT2D eigenvalue weighted by Gasteiger charge is -2.32. The highest BCUT2D eigenvalue weighted by Crippen LogP contribution is 2.31. The van der Waals surface area contributed by atoms with E-state index in [1.807, 2.05) is 4.90 Å². The Morgan fingerprint density at radius 3 is 2.70 bits per heavy atom. The molecular weight excluding hydrogens is 302 g/mol. The smallest absolute Gasteiger partial charge is 0.353 e. The lowest BCUT2D eigenvalue weighted by Crippen LogP contribution is -3.14. The summed E-state index contributed by atoms with van der Waals surface area (Å²) in [4.78, 5) is 22.5. The van der Waals surface area contributed by atoms with E-state index in [0.29, 0.717) is 26.2 Å². The lowest BCUT2D eigenvalue weighted by molar-refractivity contribution is -0.898. The number of rotatable bonds is 7. The third-order valence-corrected chi connectivity index (χ3v) is 3.93. The number of ether oxygens (including phenoxy) is 1. The number of nitrogens with two attached hydrogens (primary N) is 1. The first-order valence-electron chi connectivity index (χ1n) is 7.70. The monoisotopic (exact) mass is 326 g/mol. The largest absolute Gasteiger partial charge is 0.383 e. The van der Waals surface area contributed by atoms with Crippen LogP contribution in [0.25, 0.3) is 0 Å². The predicted molar refractivity (Wildman–Crippen MR) is 86.9 cm³/mol. The topological polar surface area (TPSA) is 124 Å². The van der Waals surface area contributed by atoms with Crippen LogP contribution in [0.2, 0.25) is 0 Å². The molecule has 0 unspecified atom stereocenters. The second-order valence-corrected chi connectivity index (χ2v) is 5.37. The van der Waals surface area contributed by atoms with Gasteiger partial charge in [0.15, 0.2) is 0 Å². The maximum absolute atomic E-state index is 11.4. The minimum absolute atomic E-state index is 0.120. The molecule has 10 heteroatoms. The second-order valence-electron chi connectivity index (χ2n) is 5.37. The Morgan fingerprint density at radius 2 is 2.13 bits per heavy atom. The molecule has 0 spiro atoms. The van der Waals surface area contributed by atoms with E-state index in [0.717, 1.165) is 19.6 Å². The van der Waals surface area contributed by atoms with Crippen molar-refractivity contribution in [2.45, 2.75) is 6.92 Å². The van der Waals surface area contributed by atoms with Crippen LogP contribution < -0.4 is 20.9 Å². The molecule has 1 aromatic heterocycles. The highest BCUT2D eigenvalue weighted by molar-refractivity contribution is 5.71. The summed E-state index contributed by atoms with van der Waals surface area (Å²) in [6.07, 6.45) is 0. The SMILES string of the molecule is CC[NH+]1CCN(c2nc(NCCOC)nc(N)c2[N+](=O)[O-])CC1. The Kier molecular flexibility index (Phi) is 5.88. The molecule has 1 saturated heterocycles. The molecule has 10 nitrogen and oxygen atoms in total. The van der Waals surface area contributed by atoms with Crippen molar-refractivity contribution in [1.82, 2.24) is 9.97 Å². The molecule has 4 N–H and O–H groups in total. The van der Waals surface area contributed by atoms with Gasteiger partial charge in [0, 0.05) is 13.7 Å². The van der Waals surface area contributed by atoms with Gasteiger partial charge in [0.2, 0.25) is 17.6 Å². The number of nitrogens with one attached hydrogen (secondary N) is 2. The zero-order chi connectivity index (χ0) is 16.8. The Hall–Kier alpha value is -2.20. The molecule has 0 radical (unpaired) electrons. The zero-order valence-electron chi connectivity index (χ0n) is 13.5. The first-order chi connectivity index (χ1) is 11.1. The molecule has 2 rings (SSSR count). The minimum atomic E-state index is -0.511. The number of hydrogen-bond acceptors (Lipinski definition) is 8. The number of nitro groups is 1. The summed E-state index contributed by atoms with van der Waals surface area (Å²) in [6, 6.07) is 0. The van der Waals surface area contributed by atoms with E-state index in [1.165, 1.54) is 4.90 Å². The molecule has 0 amide bonds. The number of aromatic nitrogens is 2. The van der Waals surface area contributed by atoms with Crippen molar-refractivity contribution in [1.29, 1.82) is 0 Å². The van der Waals surface area contributed by atoms with Crippen molar-refractivity contribution in [3.8, 4) is 0 Å². The molecule has 23 heavy (non-hydrogen) atoms. The van der Waals surface area contributed by atoms with E-state index < -0.39 is 4.92 Å². The summed E-state index contributed by atoms with van der Waals surface area (Å²) in [5.74, 6) is 0.452. The Morgan fingerprint density at radius 1 is 1.43 bits per heavy atom. The molecule has 0 atom stereocenters. The second kappa shape index (κ2) is 7.88. The standard InChI is InChI=1S/C13H23N7O3/c1-3-18-5-7-19(8-6-18)12-10(20(21)22)11(14)16-13(17-12)15-4-9-23-2/h3-9H2,1-2H3,(H3,14,15,16,17)/p+1. The summed E-state index contributed by atoms with van der Waals surface area (Å²) >= 11 is 0. The fourth-order valence-corrected chi connectivity index (χ4v) is 2.59. The van der Waals surface area contributed by atoms with E-state index in [2.05, 4.69) is 22.2 Å². The quantitative estimate of drug-likeness (QED) is 0.323. The van der Waals surface area contributed by atoms with Crippen LogP contribution in [0.5, 0.6) is 0 Å². The van der Waals surface area contributed by atoms with Crippen LogP contribution >= 0.6 is 0 Å². The van der Waals surface area contributed by atoms with Crippen molar-refractivity contribution in [3.05, 3.63) is 10.1 Å². The number of likely N-dealkylation sites (N-methyl/N-ethyl adjacent to an activating group) is 1. The van der Waals surface area contributed by atoms with Gasteiger partial charge in [-0.25, -0.2) is 0 Å². The van der Waals surface area contributed by atoms with Crippen LogP contribution in [-0.4, -0.2) is 67.9 Å². The van der Waals surface area contributed by atoms with Gasteiger partial charge in [-0.05, 0) is 6.92 Å². The molecule has 0 aromatic carbocycles. The van der Waals surface area contributed by atoms with Crippen LogP contribution in [-0.2, 0) is 4.74 Å². The fraction of sp³-hybridized carbons (Fsp3) is 0.692. The summed E-state index contributed by atoms with van der Waals surface area (Å²) in [5.41, 5.74) is 5.57. The van der Waals surface area contributed by atoms with Gasteiger partial charge in [-0.2, -0.15) is 9.97 Å². The number of piperazine rings is 1. The highest BCUT2D eigenvalue weighted by Gasteiger charge is 2.30. The van der Waals surface area contributed by atoms with Gasteiger partial charge in [-0.3, -0.25) is 10.1 Å². The Balaban J connectivity index is 2.25. The van der Waals surface area contributed by atoms with E-state index in [1.54, 1.807) is 7.11 Å². The van der Waals surface area contributed by atoms with Gasteiger partial charge in [0.25, 0.3) is 0 Å². The maximum Gasteiger partial charge on any atom is 0.353 e. The number of anilines is 3. The van der Waals surface area contributed by atoms with Crippen LogP contribution in [0.4, 0.5) is 23.3 Å². The molecule has 0 saturated carbocycles. The maximum atomic E-state index is 11.4. The van der Waals surface area contributed by atoms with Crippen molar-refractivity contribution in [2.75, 3.05) is 68.9 Å².